The lowest BCUT2D eigenvalue weighted by atomic mass is 10.0. The van der Waals surface area contributed by atoms with Crippen molar-refractivity contribution in [3.8, 4) is 0 Å². The Balaban J connectivity index is 1.91. The summed E-state index contributed by atoms with van der Waals surface area (Å²) in [5.41, 5.74) is 0.559. The van der Waals surface area contributed by atoms with Crippen LogP contribution in [-0.2, 0) is 23.9 Å². The van der Waals surface area contributed by atoms with Crippen LogP contribution in [0.25, 0.3) is 0 Å². The van der Waals surface area contributed by atoms with Gasteiger partial charge in [-0.25, -0.2) is 0 Å². The molecule has 1 amide bonds. The van der Waals surface area contributed by atoms with E-state index in [0.717, 1.165) is 4.68 Å². The third kappa shape index (κ3) is 2.90. The van der Waals surface area contributed by atoms with Gasteiger partial charge in [0.25, 0.3) is 0 Å². The molecule has 0 saturated carbocycles. The minimum atomic E-state index is -4.52. The molecule has 0 spiro atoms. The van der Waals surface area contributed by atoms with Crippen molar-refractivity contribution in [1.82, 2.24) is 9.78 Å². The molecule has 4 nitrogen and oxygen atoms in total. The van der Waals surface area contributed by atoms with Crippen molar-refractivity contribution in [3.05, 3.63) is 47.3 Å². The molecule has 0 bridgehead atoms. The molecule has 1 heterocycles. The number of rotatable bonds is 3. The van der Waals surface area contributed by atoms with E-state index in [1.807, 2.05) is 6.07 Å². The maximum atomic E-state index is 13.5. The van der Waals surface area contributed by atoms with Gasteiger partial charge < -0.3 is 4.90 Å². The molecule has 2 aromatic rings. The van der Waals surface area contributed by atoms with Crippen molar-refractivity contribution < 1.29 is 18.0 Å². The van der Waals surface area contributed by atoms with Crippen LogP contribution in [-0.4, -0.2) is 22.7 Å². The molecule has 0 fully saturated rings. The normalized spacial score (nSPS) is 17.0. The molecule has 1 aromatic heterocycles. The molecule has 0 saturated heterocycles. The van der Waals surface area contributed by atoms with Gasteiger partial charge in [0, 0.05) is 18.3 Å². The van der Waals surface area contributed by atoms with E-state index in [1.54, 1.807) is 38.2 Å². The summed E-state index contributed by atoms with van der Waals surface area (Å²) in [5, 5.41) is 4.07. The lowest BCUT2D eigenvalue weighted by Crippen LogP contribution is -2.32. The average molecular weight is 337 g/mol. The van der Waals surface area contributed by atoms with Gasteiger partial charge in [0.1, 0.15) is 12.2 Å². The number of carbonyl (C=O) groups excluding carboxylic acids is 1. The summed E-state index contributed by atoms with van der Waals surface area (Å²) >= 11 is 0. The molecule has 0 radical (unpaired) electrons. The Morgan fingerprint density at radius 3 is 2.62 bits per heavy atom. The largest absolute Gasteiger partial charge is 0.433 e. The van der Waals surface area contributed by atoms with E-state index in [0.29, 0.717) is 24.2 Å². The molecule has 3 rings (SSSR count). The summed E-state index contributed by atoms with van der Waals surface area (Å²) in [7, 11) is 1.55. The highest BCUT2D eigenvalue weighted by Crippen LogP contribution is 2.42. The summed E-state index contributed by atoms with van der Waals surface area (Å²) in [6.45, 7) is 1.34. The van der Waals surface area contributed by atoms with Crippen LogP contribution in [0.2, 0.25) is 0 Å². The van der Waals surface area contributed by atoms with E-state index in [9.17, 15) is 18.0 Å². The van der Waals surface area contributed by atoms with E-state index < -0.39 is 24.3 Å². The number of likely N-dealkylation sites (N-methyl/N-ethyl adjacent to an activating group) is 1. The van der Waals surface area contributed by atoms with Crippen LogP contribution >= 0.6 is 0 Å². The Morgan fingerprint density at radius 1 is 1.33 bits per heavy atom. The second-order valence-corrected chi connectivity index (χ2v) is 6.09. The lowest BCUT2D eigenvalue weighted by Gasteiger charge is -2.19. The Labute approximate surface area is 137 Å². The number of halogens is 3. The van der Waals surface area contributed by atoms with Crippen molar-refractivity contribution >= 4 is 11.6 Å². The number of alkyl halides is 3. The van der Waals surface area contributed by atoms with Crippen LogP contribution in [0.15, 0.2) is 30.3 Å². The van der Waals surface area contributed by atoms with Gasteiger partial charge in [0.15, 0.2) is 0 Å². The molecule has 128 valence electrons. The third-order valence-electron chi connectivity index (χ3n) is 4.44. The van der Waals surface area contributed by atoms with E-state index in [4.69, 9.17) is 0 Å². The quantitative estimate of drug-likeness (QED) is 0.858. The Kier molecular flexibility index (Phi) is 4.11. The Morgan fingerprint density at radius 2 is 2.00 bits per heavy atom. The fraction of sp³-hybridized carbons (Fsp3) is 0.412. The Hall–Kier alpha value is -2.31. The summed E-state index contributed by atoms with van der Waals surface area (Å²) in [4.78, 5) is 13.7. The average Bonchev–Trinajstić information content (AvgIpc) is 3.06. The third-order valence-corrected chi connectivity index (χ3v) is 4.44. The highest BCUT2D eigenvalue weighted by atomic mass is 19.4. The molecule has 1 unspecified atom stereocenters. The second-order valence-electron chi connectivity index (χ2n) is 6.09. The number of benzene rings is 1. The SMILES string of the molecule is CC1CCc2nn(CC(=O)N(C)c3ccccc3)c(C(F)(F)F)c21. The first kappa shape index (κ1) is 16.5. The van der Waals surface area contributed by atoms with E-state index in [1.165, 1.54) is 4.90 Å². The standard InChI is InChI=1S/C17H18F3N3O/c1-11-8-9-13-15(11)16(17(18,19)20)23(21-13)10-14(24)22(2)12-6-4-3-5-7-12/h3-7,11H,8-10H2,1-2H3. The van der Waals surface area contributed by atoms with Gasteiger partial charge in [-0.05, 0) is 30.9 Å². The number of carbonyl (C=O) groups is 1. The number of para-hydroxylation sites is 1. The van der Waals surface area contributed by atoms with Crippen LogP contribution in [0.1, 0.15) is 36.2 Å². The zero-order chi connectivity index (χ0) is 17.5. The predicted molar refractivity (Wildman–Crippen MR) is 83.8 cm³/mol. The van der Waals surface area contributed by atoms with Crippen molar-refractivity contribution in [2.75, 3.05) is 11.9 Å². The van der Waals surface area contributed by atoms with Crippen LogP contribution in [0.5, 0.6) is 0 Å². The van der Waals surface area contributed by atoms with Crippen molar-refractivity contribution in [2.45, 2.75) is 38.4 Å². The van der Waals surface area contributed by atoms with Gasteiger partial charge in [-0.3, -0.25) is 9.48 Å². The minimum Gasteiger partial charge on any atom is -0.314 e. The molecule has 1 aliphatic rings. The van der Waals surface area contributed by atoms with Crippen molar-refractivity contribution in [1.29, 1.82) is 0 Å². The van der Waals surface area contributed by atoms with Gasteiger partial charge in [0.2, 0.25) is 5.91 Å². The molecule has 24 heavy (non-hydrogen) atoms. The van der Waals surface area contributed by atoms with Gasteiger partial charge in [-0.2, -0.15) is 18.3 Å². The van der Waals surface area contributed by atoms with Gasteiger partial charge in [0.05, 0.1) is 5.69 Å². The summed E-state index contributed by atoms with van der Waals surface area (Å²) in [6.07, 6.45) is -3.33. The first-order valence-electron chi connectivity index (χ1n) is 7.77. The van der Waals surface area contributed by atoms with E-state index in [-0.39, 0.29) is 11.5 Å². The smallest absolute Gasteiger partial charge is 0.314 e. The molecule has 0 aliphatic heterocycles. The van der Waals surface area contributed by atoms with Crippen LogP contribution in [0, 0.1) is 0 Å². The molecular weight excluding hydrogens is 319 g/mol. The number of fused-ring (bicyclic) bond motifs is 1. The first-order chi connectivity index (χ1) is 11.3. The van der Waals surface area contributed by atoms with Crippen LogP contribution in [0.3, 0.4) is 0 Å². The number of aryl methyl sites for hydroxylation is 1. The molecule has 7 heteroatoms. The fourth-order valence-electron chi connectivity index (χ4n) is 3.17. The molecule has 1 atom stereocenters. The summed E-state index contributed by atoms with van der Waals surface area (Å²) < 4.78 is 41.3. The summed E-state index contributed by atoms with van der Waals surface area (Å²) in [5.74, 6) is -0.632. The molecule has 1 aromatic carbocycles. The molecule has 1 aliphatic carbocycles. The number of hydrogen-bond donors (Lipinski definition) is 0. The van der Waals surface area contributed by atoms with Crippen LogP contribution < -0.4 is 4.90 Å². The number of nitrogens with zero attached hydrogens (tertiary/aromatic N) is 3. The molecule has 0 N–H and O–H groups in total. The lowest BCUT2D eigenvalue weighted by molar-refractivity contribution is -0.145. The van der Waals surface area contributed by atoms with Gasteiger partial charge in [-0.15, -0.1) is 0 Å². The number of anilines is 1. The second kappa shape index (κ2) is 5.96. The number of amides is 1. The van der Waals surface area contributed by atoms with Gasteiger partial charge in [-0.1, -0.05) is 25.1 Å². The monoisotopic (exact) mass is 337 g/mol. The highest BCUT2D eigenvalue weighted by Gasteiger charge is 2.43. The Bertz CT molecular complexity index is 752. The predicted octanol–water partition coefficient (Wildman–Crippen LogP) is 3.61. The maximum absolute atomic E-state index is 13.5. The molecular formula is C17H18F3N3O. The maximum Gasteiger partial charge on any atom is 0.433 e. The van der Waals surface area contributed by atoms with Crippen LogP contribution in [0.4, 0.5) is 18.9 Å². The zero-order valence-corrected chi connectivity index (χ0v) is 13.5. The zero-order valence-electron chi connectivity index (χ0n) is 13.5. The van der Waals surface area contributed by atoms with E-state index >= 15 is 0 Å². The topological polar surface area (TPSA) is 38.1 Å². The summed E-state index contributed by atoms with van der Waals surface area (Å²) in [6, 6.07) is 8.80. The minimum absolute atomic E-state index is 0.188. The van der Waals surface area contributed by atoms with E-state index in [2.05, 4.69) is 5.10 Å². The first-order valence-corrected chi connectivity index (χ1v) is 7.77. The number of aromatic nitrogens is 2. The van der Waals surface area contributed by atoms with Crippen molar-refractivity contribution in [3.63, 3.8) is 0 Å². The highest BCUT2D eigenvalue weighted by molar-refractivity contribution is 5.92. The fourth-order valence-corrected chi connectivity index (χ4v) is 3.17. The van der Waals surface area contributed by atoms with Crippen molar-refractivity contribution in [2.24, 2.45) is 0 Å². The van der Waals surface area contributed by atoms with Gasteiger partial charge >= 0.3 is 6.18 Å². The number of hydrogen-bond acceptors (Lipinski definition) is 2.